The van der Waals surface area contributed by atoms with Gasteiger partial charge in [0.05, 0.1) is 55.0 Å². The summed E-state index contributed by atoms with van der Waals surface area (Å²) < 4.78 is 68.9. The Morgan fingerprint density at radius 2 is 1.38 bits per heavy atom. The van der Waals surface area contributed by atoms with Crippen molar-refractivity contribution in [3.8, 4) is 0 Å². The number of nitrogens with zero attached hydrogens (tertiary/aromatic N) is 3. The summed E-state index contributed by atoms with van der Waals surface area (Å²) in [5.74, 6) is -1.13. The van der Waals surface area contributed by atoms with Gasteiger partial charge in [-0.3, -0.25) is 19.7 Å². The van der Waals surface area contributed by atoms with Gasteiger partial charge >= 0.3 is 24.4 Å². The van der Waals surface area contributed by atoms with Crippen molar-refractivity contribution < 1.29 is 95.7 Å². The van der Waals surface area contributed by atoms with Gasteiger partial charge in [-0.15, -0.1) is 0 Å². The molecule has 3 fully saturated rings. The summed E-state index contributed by atoms with van der Waals surface area (Å²) in [5, 5.41) is 66.9. The molecule has 8 N–H and O–H groups in total. The van der Waals surface area contributed by atoms with E-state index in [0.717, 1.165) is 22.1 Å². The maximum Gasteiger partial charge on any atom is 0.434 e. The highest BCUT2D eigenvalue weighted by Gasteiger charge is 2.55. The first-order chi connectivity index (χ1) is 35.2. The van der Waals surface area contributed by atoms with Crippen LogP contribution in [0.2, 0.25) is 0 Å². The standard InChI is InChI=1S/C48H79N7O21S/c1-44(2,3)72-40(60)49-23-31(56)38(59)51-28-21-29(52-41(61)73-45(4,5)6)36(33(57)35(28)71-39-34(58)37(48(13,64)25-70-39)53(14)42(62)74-46(7,8)9)76-54(43(63)75-47(10,11)12)26-19-20-27(69-24-26)22-50-77(67,68)32-18-16-15-17-30(32)55(65)66/h15-18,26-29,31,33-37,39,50,56-58,64H,19-25H2,1-14H3,(H,49,60)(H,51,59)(H,52,61)/t26-,27+,28-,29+,31?,33+,34-,35+,36-,37-,39-,48+/m1/s1. The average Bonchev–Trinajstić information content (AvgIpc) is 3.27. The van der Waals surface area contributed by atoms with Crippen molar-refractivity contribution in [1.82, 2.24) is 30.6 Å². The molecule has 2 saturated heterocycles. The molecular formula is C48H79N7O21S. The van der Waals surface area contributed by atoms with Crippen LogP contribution in [-0.4, -0.2) is 202 Å². The molecule has 77 heavy (non-hydrogen) atoms. The van der Waals surface area contributed by atoms with Crippen molar-refractivity contribution in [3.05, 3.63) is 34.4 Å². The molecule has 5 amide bonds. The molecule has 0 aromatic heterocycles. The largest absolute Gasteiger partial charge is 0.444 e. The zero-order valence-corrected chi connectivity index (χ0v) is 46.9. The topological polar surface area (TPSA) is 372 Å². The van der Waals surface area contributed by atoms with Crippen molar-refractivity contribution in [2.45, 2.75) is 209 Å². The van der Waals surface area contributed by atoms with Crippen molar-refractivity contribution in [2.75, 3.05) is 33.4 Å². The van der Waals surface area contributed by atoms with Crippen molar-refractivity contribution in [1.29, 1.82) is 0 Å². The summed E-state index contributed by atoms with van der Waals surface area (Å²) in [6.07, 6.45) is -16.6. The molecule has 1 aromatic carbocycles. The van der Waals surface area contributed by atoms with Crippen LogP contribution in [0.3, 0.4) is 0 Å². The van der Waals surface area contributed by atoms with Crippen LogP contribution in [0.4, 0.5) is 24.9 Å². The lowest BCUT2D eigenvalue weighted by atomic mass is 9.83. The van der Waals surface area contributed by atoms with Gasteiger partial charge in [0.1, 0.15) is 58.5 Å². The number of carbonyl (C=O) groups excluding carboxylic acids is 5. The number of rotatable bonds is 16. The fourth-order valence-electron chi connectivity index (χ4n) is 8.41. The molecule has 1 aliphatic carbocycles. The number of nitro groups is 1. The second kappa shape index (κ2) is 25.3. The van der Waals surface area contributed by atoms with Gasteiger partial charge < -0.3 is 74.4 Å². The second-order valence-electron chi connectivity index (χ2n) is 23.3. The van der Waals surface area contributed by atoms with Crippen LogP contribution in [0.5, 0.6) is 0 Å². The number of ether oxygens (including phenoxy) is 7. The molecule has 4 rings (SSSR count). The number of nitrogens with one attached hydrogen (secondary N) is 4. The molecule has 1 saturated carbocycles. The maximum atomic E-state index is 14.3. The maximum absolute atomic E-state index is 14.3. The molecule has 0 spiro atoms. The van der Waals surface area contributed by atoms with Gasteiger partial charge in [-0.1, -0.05) is 12.1 Å². The van der Waals surface area contributed by atoms with E-state index >= 15 is 0 Å². The first kappa shape index (κ1) is 64.3. The number of aliphatic hydroxyl groups excluding tert-OH is 3. The lowest BCUT2D eigenvalue weighted by Gasteiger charge is -2.50. The van der Waals surface area contributed by atoms with Crippen molar-refractivity contribution in [3.63, 3.8) is 0 Å². The number of hydroxylamine groups is 2. The number of likely N-dealkylation sites (N-methyl/N-ethyl adjacent to an activating group) is 1. The van der Waals surface area contributed by atoms with E-state index < -0.39 is 170 Å². The number of hydrogen-bond acceptors (Lipinski definition) is 21. The Kier molecular flexibility index (Phi) is 21.1. The number of alkyl carbamates (subject to hydrolysis) is 2. The third-order valence-corrected chi connectivity index (χ3v) is 13.1. The minimum absolute atomic E-state index is 0.0342. The van der Waals surface area contributed by atoms with Crippen LogP contribution >= 0.6 is 0 Å². The molecule has 1 unspecified atom stereocenters. The Hall–Kier alpha value is -5.24. The first-order valence-electron chi connectivity index (χ1n) is 25.0. The van der Waals surface area contributed by atoms with Gasteiger partial charge in [0, 0.05) is 19.7 Å². The molecule has 0 radical (unpaired) electrons. The SMILES string of the molecule is CN(C(=O)OC(C)(C)C)[C@@H]1[C@@H](O)[C@@H](O[C@@H]2[C@H](O)[C@H](ON(C(=O)OC(C)(C)C)[C@@H]3CC[C@@H](CNS(=O)(=O)c4ccccc4[N+](=O)[O-])OC3)[C@@H](NC(=O)OC(C)(C)C)C[C@H]2NC(=O)C(O)CNC(=O)OC(C)(C)C)OC[C@]1(C)O. The molecule has 2 heterocycles. The predicted octanol–water partition coefficient (Wildman–Crippen LogP) is 2.08. The van der Waals surface area contributed by atoms with Crippen molar-refractivity contribution >= 4 is 46.0 Å². The fourth-order valence-corrected chi connectivity index (χ4v) is 9.65. The number of amides is 5. The number of aliphatic hydroxyl groups is 4. The second-order valence-corrected chi connectivity index (χ2v) is 25.0. The zero-order valence-electron chi connectivity index (χ0n) is 46.1. The third kappa shape index (κ3) is 19.0. The number of hydrogen-bond donors (Lipinski definition) is 8. The molecular weight excluding hydrogens is 1040 g/mol. The molecule has 0 bridgehead atoms. The summed E-state index contributed by atoms with van der Waals surface area (Å²) >= 11 is 0. The summed E-state index contributed by atoms with van der Waals surface area (Å²) in [4.78, 5) is 85.1. The van der Waals surface area contributed by atoms with Gasteiger partial charge in [0.15, 0.2) is 11.2 Å². The Morgan fingerprint density at radius 3 is 1.94 bits per heavy atom. The van der Waals surface area contributed by atoms with Crippen molar-refractivity contribution in [2.24, 2.45) is 0 Å². The Morgan fingerprint density at radius 1 is 0.818 bits per heavy atom. The third-order valence-electron chi connectivity index (χ3n) is 11.7. The lowest BCUT2D eigenvalue weighted by Crippen LogP contribution is -2.71. The number of para-hydroxylation sites is 1. The van der Waals surface area contributed by atoms with E-state index in [0.29, 0.717) is 0 Å². The number of sulfonamides is 1. The highest BCUT2D eigenvalue weighted by Crippen LogP contribution is 2.35. The molecule has 3 aliphatic rings. The molecule has 12 atom stereocenters. The van der Waals surface area contributed by atoms with Gasteiger partial charge in [-0.25, -0.2) is 32.3 Å². The summed E-state index contributed by atoms with van der Waals surface area (Å²) in [6.45, 7) is 18.4. The van der Waals surface area contributed by atoms with E-state index in [4.69, 9.17) is 38.0 Å². The Balaban J connectivity index is 1.74. The molecule has 28 nitrogen and oxygen atoms in total. The predicted molar refractivity (Wildman–Crippen MR) is 269 cm³/mol. The molecule has 1 aromatic rings. The summed E-state index contributed by atoms with van der Waals surface area (Å²) in [5.41, 5.74) is -6.75. The van der Waals surface area contributed by atoms with Gasteiger partial charge in [0.25, 0.3) is 11.6 Å². The van der Waals surface area contributed by atoms with Crippen LogP contribution < -0.4 is 20.7 Å². The van der Waals surface area contributed by atoms with E-state index in [1.54, 1.807) is 83.1 Å². The normalized spacial score (nSPS) is 27.7. The molecule has 2 aliphatic heterocycles. The highest BCUT2D eigenvalue weighted by molar-refractivity contribution is 7.89. The van der Waals surface area contributed by atoms with E-state index in [2.05, 4.69) is 20.7 Å². The highest BCUT2D eigenvalue weighted by atomic mass is 32.2. The summed E-state index contributed by atoms with van der Waals surface area (Å²) in [7, 11) is -3.15. The van der Waals surface area contributed by atoms with Crippen LogP contribution in [0, 0.1) is 10.1 Å². The number of benzene rings is 1. The van der Waals surface area contributed by atoms with Crippen LogP contribution in [0.25, 0.3) is 0 Å². The number of nitro benzene ring substituents is 1. The van der Waals surface area contributed by atoms with E-state index in [1.165, 1.54) is 26.1 Å². The van der Waals surface area contributed by atoms with Crippen LogP contribution in [-0.2, 0) is 52.8 Å². The van der Waals surface area contributed by atoms with E-state index in [-0.39, 0.29) is 26.0 Å². The smallest absolute Gasteiger partial charge is 0.434 e. The fraction of sp³-hybridized carbons (Fsp3) is 0.771. The van der Waals surface area contributed by atoms with Gasteiger partial charge in [-0.2, -0.15) is 5.06 Å². The van der Waals surface area contributed by atoms with Gasteiger partial charge in [0.2, 0.25) is 10.0 Å². The van der Waals surface area contributed by atoms with Gasteiger partial charge in [-0.05, 0) is 115 Å². The Labute approximate surface area is 448 Å². The molecule has 29 heteroatoms. The first-order valence-corrected chi connectivity index (χ1v) is 26.5. The minimum Gasteiger partial charge on any atom is -0.444 e. The summed E-state index contributed by atoms with van der Waals surface area (Å²) in [6, 6.07) is -0.697. The van der Waals surface area contributed by atoms with Crippen LogP contribution in [0.15, 0.2) is 29.2 Å². The Bertz CT molecular complexity index is 2340. The lowest BCUT2D eigenvalue weighted by molar-refractivity contribution is -0.387. The van der Waals surface area contributed by atoms with E-state index in [1.807, 2.05) is 0 Å². The van der Waals surface area contributed by atoms with Crippen LogP contribution in [0.1, 0.15) is 109 Å². The quantitative estimate of drug-likeness (QED) is 0.0667. The van der Waals surface area contributed by atoms with E-state index in [9.17, 15) is 62.9 Å². The minimum atomic E-state index is -4.41. The average molecular weight is 1120 g/mol. The number of carbonyl (C=O) groups is 5. The zero-order chi connectivity index (χ0) is 58.4. The molecule has 438 valence electrons. The monoisotopic (exact) mass is 1120 g/mol.